The fourth-order valence-electron chi connectivity index (χ4n) is 5.82. The van der Waals surface area contributed by atoms with Crippen LogP contribution < -0.4 is 10.2 Å². The molecule has 2 saturated heterocycles. The molecule has 13 nitrogen and oxygen atoms in total. The van der Waals surface area contributed by atoms with Gasteiger partial charge in [0.2, 0.25) is 11.8 Å². The summed E-state index contributed by atoms with van der Waals surface area (Å²) in [6.07, 6.45) is 2.63. The summed E-state index contributed by atoms with van der Waals surface area (Å²) in [5.74, 6) is -2.24. The van der Waals surface area contributed by atoms with Gasteiger partial charge in [-0.05, 0) is 31.4 Å². The molecule has 4 rings (SSSR count). The summed E-state index contributed by atoms with van der Waals surface area (Å²) in [7, 11) is 3.47. The summed E-state index contributed by atoms with van der Waals surface area (Å²) in [4.78, 5) is 75.3. The number of carboxylic acid groups (broad SMARTS) is 1. The van der Waals surface area contributed by atoms with Crippen LogP contribution in [-0.4, -0.2) is 121 Å². The number of nitrogens with one attached hydrogen (secondary N) is 1. The van der Waals surface area contributed by atoms with E-state index >= 15 is 0 Å². The molecule has 4 amide bonds. The number of benzene rings is 1. The molecule has 254 valence electrons. The Hall–Kier alpha value is -4.68. The van der Waals surface area contributed by atoms with E-state index in [1.807, 2.05) is 36.4 Å². The van der Waals surface area contributed by atoms with Crippen LogP contribution >= 0.6 is 0 Å². The molecule has 0 radical (unpaired) electrons. The van der Waals surface area contributed by atoms with Crippen LogP contribution in [0.15, 0.2) is 42.5 Å². The third-order valence-corrected chi connectivity index (χ3v) is 8.53. The van der Waals surface area contributed by atoms with E-state index in [4.69, 9.17) is 4.74 Å². The number of aliphatic carboxylic acids is 1. The van der Waals surface area contributed by atoms with E-state index in [1.165, 1.54) is 0 Å². The first kappa shape index (κ1) is 35.2. The average Bonchev–Trinajstić information content (AvgIpc) is 3.58. The van der Waals surface area contributed by atoms with Gasteiger partial charge in [-0.15, -0.1) is 0 Å². The van der Waals surface area contributed by atoms with Crippen molar-refractivity contribution >= 4 is 35.5 Å². The summed E-state index contributed by atoms with van der Waals surface area (Å²) in [6.45, 7) is 4.55. The molecular formula is C34H46N6O7. The highest BCUT2D eigenvalue weighted by molar-refractivity contribution is 5.97. The molecule has 2 aromatic rings. The van der Waals surface area contributed by atoms with E-state index in [9.17, 15) is 29.1 Å². The Balaban J connectivity index is 1.50. The molecule has 1 aromatic carbocycles. The molecule has 2 N–H and O–H groups in total. The zero-order valence-corrected chi connectivity index (χ0v) is 27.5. The Morgan fingerprint density at radius 1 is 1.00 bits per heavy atom. The van der Waals surface area contributed by atoms with E-state index in [1.54, 1.807) is 34.9 Å². The van der Waals surface area contributed by atoms with Gasteiger partial charge in [-0.1, -0.05) is 50.1 Å². The van der Waals surface area contributed by atoms with Gasteiger partial charge < -0.3 is 34.8 Å². The summed E-state index contributed by atoms with van der Waals surface area (Å²) in [5, 5.41) is 12.1. The van der Waals surface area contributed by atoms with Gasteiger partial charge in [-0.25, -0.2) is 9.78 Å². The standard InChI is InChI=1S/C34H46N6O7/c1-4-5-9-20-47-34(46)39-18-16-38(17-19-39)33(45)27(12-13-30(41)42)36-31(43)29-22-26(21-28(35-29)24-10-7-6-8-11-24)40-15-14-25(23-40)32(44)37(2)3/h6-8,10-11,21-22,25,27H,4-5,9,12-20,23H2,1-3H3,(H,36,43)(H,41,42)/t25-,27+/m1/s1. The second-order valence-electron chi connectivity index (χ2n) is 12.2. The molecule has 2 fully saturated rings. The lowest BCUT2D eigenvalue weighted by Gasteiger charge is -2.36. The predicted molar refractivity (Wildman–Crippen MR) is 176 cm³/mol. The largest absolute Gasteiger partial charge is 0.481 e. The first-order valence-corrected chi connectivity index (χ1v) is 16.3. The van der Waals surface area contributed by atoms with Gasteiger partial charge >= 0.3 is 12.1 Å². The van der Waals surface area contributed by atoms with Crippen LogP contribution in [-0.2, 0) is 19.1 Å². The normalized spacial score (nSPS) is 16.8. The third-order valence-electron chi connectivity index (χ3n) is 8.53. The summed E-state index contributed by atoms with van der Waals surface area (Å²) in [6, 6.07) is 11.8. The molecular weight excluding hydrogens is 604 g/mol. The van der Waals surface area contributed by atoms with Crippen molar-refractivity contribution in [2.24, 2.45) is 5.92 Å². The molecule has 1 aromatic heterocycles. The maximum atomic E-state index is 13.7. The van der Waals surface area contributed by atoms with Gasteiger partial charge in [0.25, 0.3) is 5.91 Å². The van der Waals surface area contributed by atoms with Crippen molar-refractivity contribution in [1.82, 2.24) is 25.0 Å². The van der Waals surface area contributed by atoms with Crippen LogP contribution in [0, 0.1) is 5.92 Å². The van der Waals surface area contributed by atoms with Crippen molar-refractivity contribution < 1.29 is 33.8 Å². The Morgan fingerprint density at radius 2 is 1.70 bits per heavy atom. The number of pyridine rings is 1. The number of rotatable bonds is 13. The predicted octanol–water partition coefficient (Wildman–Crippen LogP) is 3.10. The topological polar surface area (TPSA) is 153 Å². The highest BCUT2D eigenvalue weighted by atomic mass is 16.6. The molecule has 13 heteroatoms. The van der Waals surface area contributed by atoms with Crippen molar-refractivity contribution in [1.29, 1.82) is 0 Å². The first-order chi connectivity index (χ1) is 22.6. The van der Waals surface area contributed by atoms with E-state index < -0.39 is 29.9 Å². The van der Waals surface area contributed by atoms with E-state index in [0.717, 1.165) is 30.5 Å². The Labute approximate surface area is 275 Å². The molecule has 2 atom stereocenters. The summed E-state index contributed by atoms with van der Waals surface area (Å²) >= 11 is 0. The van der Waals surface area contributed by atoms with Crippen LogP contribution in [0.25, 0.3) is 11.3 Å². The number of unbranched alkanes of at least 4 members (excludes halogenated alkanes) is 2. The van der Waals surface area contributed by atoms with Crippen LogP contribution in [0.1, 0.15) is 55.9 Å². The Kier molecular flexibility index (Phi) is 12.5. The average molecular weight is 651 g/mol. The minimum Gasteiger partial charge on any atom is -0.481 e. The van der Waals surface area contributed by atoms with Crippen molar-refractivity contribution in [3.63, 3.8) is 0 Å². The Bertz CT molecular complexity index is 1410. The van der Waals surface area contributed by atoms with Crippen molar-refractivity contribution in [2.75, 3.05) is 64.9 Å². The number of ether oxygens (including phenoxy) is 1. The van der Waals surface area contributed by atoms with Gasteiger partial charge in [-0.3, -0.25) is 19.2 Å². The second-order valence-corrected chi connectivity index (χ2v) is 12.2. The first-order valence-electron chi connectivity index (χ1n) is 16.3. The Morgan fingerprint density at radius 3 is 2.36 bits per heavy atom. The fraction of sp³-hybridized carbons (Fsp3) is 0.529. The number of piperazine rings is 1. The third kappa shape index (κ3) is 9.66. The molecule has 47 heavy (non-hydrogen) atoms. The molecule has 2 aliphatic heterocycles. The maximum absolute atomic E-state index is 13.7. The SMILES string of the molecule is CCCCCOC(=O)N1CCN(C(=O)[C@H](CCC(=O)O)NC(=O)c2cc(N3CC[C@@H](C(=O)N(C)C)C3)cc(-c3ccccc3)n2)CC1. The van der Waals surface area contributed by atoms with Crippen molar-refractivity contribution in [3.8, 4) is 11.3 Å². The van der Waals surface area contributed by atoms with Gasteiger partial charge in [0.1, 0.15) is 11.7 Å². The van der Waals surface area contributed by atoms with Gasteiger partial charge in [-0.2, -0.15) is 0 Å². The van der Waals surface area contributed by atoms with Gasteiger partial charge in [0, 0.05) is 71.0 Å². The minimum atomic E-state index is -1.11. The zero-order valence-electron chi connectivity index (χ0n) is 27.5. The number of aromatic nitrogens is 1. The van der Waals surface area contributed by atoms with Crippen LogP contribution in [0.5, 0.6) is 0 Å². The molecule has 0 unspecified atom stereocenters. The molecule has 2 aliphatic rings. The molecule has 3 heterocycles. The number of nitrogens with zero attached hydrogens (tertiary/aromatic N) is 5. The number of hydrogen-bond acceptors (Lipinski definition) is 8. The van der Waals surface area contributed by atoms with E-state index in [2.05, 4.69) is 22.1 Å². The monoisotopic (exact) mass is 650 g/mol. The number of carbonyl (C=O) groups excluding carboxylic acids is 4. The summed E-state index contributed by atoms with van der Waals surface area (Å²) < 4.78 is 5.34. The van der Waals surface area contributed by atoms with E-state index in [-0.39, 0.29) is 56.5 Å². The van der Waals surface area contributed by atoms with Crippen molar-refractivity contribution in [2.45, 2.75) is 51.5 Å². The van der Waals surface area contributed by atoms with E-state index in [0.29, 0.717) is 31.8 Å². The van der Waals surface area contributed by atoms with Crippen LogP contribution in [0.2, 0.25) is 0 Å². The summed E-state index contributed by atoms with van der Waals surface area (Å²) in [5.41, 5.74) is 2.15. The number of carbonyl (C=O) groups is 5. The van der Waals surface area contributed by atoms with Gasteiger partial charge in [0.05, 0.1) is 18.2 Å². The minimum absolute atomic E-state index is 0.0484. The number of hydrogen-bond donors (Lipinski definition) is 2. The highest BCUT2D eigenvalue weighted by Gasteiger charge is 2.33. The zero-order chi connectivity index (χ0) is 33.9. The fourth-order valence-corrected chi connectivity index (χ4v) is 5.82. The quantitative estimate of drug-likeness (QED) is 0.312. The number of anilines is 1. The van der Waals surface area contributed by atoms with Crippen LogP contribution in [0.3, 0.4) is 0 Å². The van der Waals surface area contributed by atoms with Crippen molar-refractivity contribution in [3.05, 3.63) is 48.2 Å². The number of carboxylic acids is 1. The molecule has 0 spiro atoms. The molecule has 0 saturated carbocycles. The lowest BCUT2D eigenvalue weighted by atomic mass is 10.1. The van der Waals surface area contributed by atoms with Gasteiger partial charge in [0.15, 0.2) is 0 Å². The number of amides is 4. The smallest absolute Gasteiger partial charge is 0.409 e. The lowest BCUT2D eigenvalue weighted by molar-refractivity contribution is -0.138. The molecule has 0 aliphatic carbocycles. The van der Waals surface area contributed by atoms with Crippen LogP contribution in [0.4, 0.5) is 10.5 Å². The molecule has 0 bridgehead atoms. The maximum Gasteiger partial charge on any atom is 0.409 e. The lowest BCUT2D eigenvalue weighted by Crippen LogP contribution is -2.56. The highest BCUT2D eigenvalue weighted by Crippen LogP contribution is 2.29. The second kappa shape index (κ2) is 16.8.